The first-order chi connectivity index (χ1) is 25.0. The Morgan fingerprint density at radius 3 is 1.10 bits per heavy atom. The predicted molar refractivity (Wildman–Crippen MR) is 201 cm³/mol. The summed E-state index contributed by atoms with van der Waals surface area (Å²) in [6.07, 6.45) is 5.38. The lowest BCUT2D eigenvalue weighted by Gasteiger charge is -2.27. The Kier molecular flexibility index (Phi) is 12.1. The van der Waals surface area contributed by atoms with E-state index in [-0.39, 0.29) is 11.4 Å². The molecule has 0 aliphatic heterocycles. The van der Waals surface area contributed by atoms with Crippen molar-refractivity contribution in [1.29, 1.82) is 0 Å². The molecule has 10 heteroatoms. The molecular formula is C42H48F2N2O6. The fourth-order valence-electron chi connectivity index (χ4n) is 7.05. The van der Waals surface area contributed by atoms with Crippen LogP contribution in [0.25, 0.3) is 0 Å². The predicted octanol–water partition coefficient (Wildman–Crippen LogP) is 10.2. The van der Waals surface area contributed by atoms with Crippen molar-refractivity contribution in [3.8, 4) is 23.0 Å². The van der Waals surface area contributed by atoms with Crippen LogP contribution in [0.15, 0.2) is 36.4 Å². The highest BCUT2D eigenvalue weighted by molar-refractivity contribution is 6.31. The summed E-state index contributed by atoms with van der Waals surface area (Å²) in [6.45, 7) is 12.7. The van der Waals surface area contributed by atoms with Crippen LogP contribution < -0.4 is 20.1 Å². The lowest BCUT2D eigenvalue weighted by atomic mass is 9.81. The molecular weight excluding hydrogens is 666 g/mol. The van der Waals surface area contributed by atoms with Crippen molar-refractivity contribution >= 4 is 34.3 Å². The van der Waals surface area contributed by atoms with E-state index in [1.54, 1.807) is 0 Å². The second-order valence-electron chi connectivity index (χ2n) is 13.0. The molecule has 1 aliphatic rings. The molecule has 0 heterocycles. The van der Waals surface area contributed by atoms with E-state index in [4.69, 9.17) is 9.47 Å². The fourth-order valence-corrected chi connectivity index (χ4v) is 7.05. The minimum Gasteiger partial charge on any atom is -0.507 e. The molecule has 0 saturated heterocycles. The summed E-state index contributed by atoms with van der Waals surface area (Å²) in [7, 11) is 0. The fraction of sp³-hybridized carbons (Fsp3) is 0.381. The molecule has 0 amide bonds. The number of nitrogens with one attached hydrogen (secondary N) is 2. The van der Waals surface area contributed by atoms with Crippen molar-refractivity contribution in [3.63, 3.8) is 0 Å². The Morgan fingerprint density at radius 2 is 0.827 bits per heavy atom. The van der Waals surface area contributed by atoms with Gasteiger partial charge in [0.1, 0.15) is 34.4 Å². The van der Waals surface area contributed by atoms with Crippen LogP contribution in [0.1, 0.15) is 121 Å². The molecule has 4 N–H and O–H groups in total. The number of anilines is 4. The van der Waals surface area contributed by atoms with Gasteiger partial charge < -0.3 is 30.3 Å². The van der Waals surface area contributed by atoms with Gasteiger partial charge in [0.15, 0.2) is 11.6 Å². The van der Waals surface area contributed by atoms with Crippen LogP contribution in [0.4, 0.5) is 31.5 Å². The van der Waals surface area contributed by atoms with Gasteiger partial charge in [-0.25, -0.2) is 8.78 Å². The Labute approximate surface area is 304 Å². The molecule has 4 aromatic rings. The first-order valence-corrected chi connectivity index (χ1v) is 18.3. The molecule has 0 spiro atoms. The second kappa shape index (κ2) is 16.5. The van der Waals surface area contributed by atoms with Crippen LogP contribution >= 0.6 is 0 Å². The van der Waals surface area contributed by atoms with Crippen molar-refractivity contribution in [2.24, 2.45) is 0 Å². The van der Waals surface area contributed by atoms with Gasteiger partial charge in [-0.1, -0.05) is 53.4 Å². The number of phenols is 2. The van der Waals surface area contributed by atoms with Crippen LogP contribution in [0, 0.1) is 11.6 Å². The summed E-state index contributed by atoms with van der Waals surface area (Å²) in [5, 5.41) is 27.7. The number of phenolic OH excluding ortho intramolecular Hbond substituents is 2. The normalized spacial score (nSPS) is 12.1. The van der Waals surface area contributed by atoms with Gasteiger partial charge in [-0.15, -0.1) is 0 Å². The van der Waals surface area contributed by atoms with E-state index >= 15 is 8.78 Å². The number of ether oxygens (including phenoxy) is 2. The third-order valence-electron chi connectivity index (χ3n) is 9.20. The van der Waals surface area contributed by atoms with Gasteiger partial charge in [0.2, 0.25) is 11.6 Å². The maximum Gasteiger partial charge on any atom is 0.201 e. The molecule has 276 valence electrons. The van der Waals surface area contributed by atoms with Gasteiger partial charge in [-0.2, -0.15) is 0 Å². The largest absolute Gasteiger partial charge is 0.507 e. The number of ketones is 2. The van der Waals surface area contributed by atoms with Gasteiger partial charge in [-0.3, -0.25) is 9.59 Å². The molecule has 5 rings (SSSR count). The van der Waals surface area contributed by atoms with E-state index in [9.17, 15) is 19.8 Å². The standard InChI is InChI=1S/C42H48F2N2O6/c1-7-13-23-19-27(51-11-5)20-24(14-8-2)37(23)45-39-35(43)33-34(42(50)32-30(48)18-17-29(47)31(32)41(33)49)36(44)40(39)46-38-25(15-9-3)21-28(52-12-6)22-26(38)16-10-4/h17-22,45-48H,7-16H2,1-6H3. The van der Waals surface area contributed by atoms with Crippen molar-refractivity contribution in [1.82, 2.24) is 0 Å². The van der Waals surface area contributed by atoms with E-state index in [1.807, 2.05) is 65.8 Å². The number of aryl methyl sites for hydroxylation is 4. The monoisotopic (exact) mass is 714 g/mol. The molecule has 52 heavy (non-hydrogen) atoms. The number of hydrogen-bond acceptors (Lipinski definition) is 8. The van der Waals surface area contributed by atoms with Crippen molar-refractivity contribution in [2.45, 2.75) is 92.9 Å². The SMILES string of the molecule is CCCc1cc(OCC)cc(CCC)c1Nc1c(F)c2c(c(F)c1Nc1c(CCC)cc(OCC)cc1CCC)C(=O)c1c(O)ccc(O)c1C2=O. The number of aromatic hydroxyl groups is 2. The van der Waals surface area contributed by atoms with E-state index in [0.29, 0.717) is 61.8 Å². The maximum atomic E-state index is 17.4. The molecule has 0 fully saturated rings. The van der Waals surface area contributed by atoms with E-state index < -0.39 is 57.0 Å². The Balaban J connectivity index is 1.86. The summed E-state index contributed by atoms with van der Waals surface area (Å²) >= 11 is 0. The molecule has 0 saturated carbocycles. The maximum absolute atomic E-state index is 17.4. The zero-order chi connectivity index (χ0) is 37.7. The number of carbonyl (C=O) groups is 2. The molecule has 0 aromatic heterocycles. The summed E-state index contributed by atoms with van der Waals surface area (Å²) in [5.74, 6) is -4.49. The Morgan fingerprint density at radius 1 is 0.519 bits per heavy atom. The highest BCUT2D eigenvalue weighted by atomic mass is 19.1. The van der Waals surface area contributed by atoms with Crippen LogP contribution in [-0.2, 0) is 25.7 Å². The minimum atomic E-state index is -1.16. The van der Waals surface area contributed by atoms with Gasteiger partial charge in [0.25, 0.3) is 0 Å². The number of rotatable bonds is 16. The minimum absolute atomic E-state index is 0.363. The molecule has 8 nitrogen and oxygen atoms in total. The number of fused-ring (bicyclic) bond motifs is 2. The van der Waals surface area contributed by atoms with Crippen LogP contribution in [0.3, 0.4) is 0 Å². The lowest BCUT2D eigenvalue weighted by molar-refractivity contribution is 0.0967. The molecule has 0 bridgehead atoms. The molecule has 4 aromatic carbocycles. The molecule has 0 radical (unpaired) electrons. The van der Waals surface area contributed by atoms with E-state index in [0.717, 1.165) is 60.1 Å². The summed E-state index contributed by atoms with van der Waals surface area (Å²) in [5.41, 5.74) is 0.840. The lowest BCUT2D eigenvalue weighted by Crippen LogP contribution is -2.26. The van der Waals surface area contributed by atoms with Crippen molar-refractivity contribution in [2.75, 3.05) is 23.8 Å². The van der Waals surface area contributed by atoms with Gasteiger partial charge in [-0.05, 0) is 98.2 Å². The highest BCUT2D eigenvalue weighted by Gasteiger charge is 2.42. The number of benzene rings is 4. The smallest absolute Gasteiger partial charge is 0.201 e. The van der Waals surface area contributed by atoms with Crippen molar-refractivity contribution in [3.05, 3.63) is 92.5 Å². The Hall–Kier alpha value is -5.12. The summed E-state index contributed by atoms with van der Waals surface area (Å²) in [4.78, 5) is 28.0. The van der Waals surface area contributed by atoms with Gasteiger partial charge >= 0.3 is 0 Å². The van der Waals surface area contributed by atoms with Gasteiger partial charge in [0, 0.05) is 11.4 Å². The number of carbonyl (C=O) groups excluding carboxylic acids is 2. The third-order valence-corrected chi connectivity index (χ3v) is 9.20. The Bertz CT molecular complexity index is 1810. The zero-order valence-electron chi connectivity index (χ0n) is 30.8. The molecule has 0 unspecified atom stereocenters. The topological polar surface area (TPSA) is 117 Å². The third kappa shape index (κ3) is 7.16. The van der Waals surface area contributed by atoms with Crippen LogP contribution in [0.5, 0.6) is 23.0 Å². The number of halogens is 2. The second-order valence-corrected chi connectivity index (χ2v) is 13.0. The van der Waals surface area contributed by atoms with E-state index in [2.05, 4.69) is 10.6 Å². The number of hydrogen-bond donors (Lipinski definition) is 4. The first kappa shape index (κ1) is 38.1. The summed E-state index contributed by atoms with van der Waals surface area (Å²) in [6, 6.07) is 9.60. The molecule has 1 aliphatic carbocycles. The molecule has 0 atom stereocenters. The van der Waals surface area contributed by atoms with Crippen LogP contribution in [-0.4, -0.2) is 35.0 Å². The first-order valence-electron chi connectivity index (χ1n) is 18.3. The average molecular weight is 715 g/mol. The summed E-state index contributed by atoms with van der Waals surface area (Å²) < 4.78 is 46.5. The average Bonchev–Trinajstić information content (AvgIpc) is 3.10. The highest BCUT2D eigenvalue weighted by Crippen LogP contribution is 2.47. The van der Waals surface area contributed by atoms with Gasteiger partial charge in [0.05, 0.1) is 35.5 Å². The van der Waals surface area contributed by atoms with Crippen LogP contribution in [0.2, 0.25) is 0 Å². The van der Waals surface area contributed by atoms with Crippen molar-refractivity contribution < 1.29 is 38.1 Å². The quantitative estimate of drug-likeness (QED) is 0.0747. The van der Waals surface area contributed by atoms with E-state index in [1.165, 1.54) is 0 Å². The zero-order valence-corrected chi connectivity index (χ0v) is 30.8.